The van der Waals surface area contributed by atoms with E-state index in [9.17, 15) is 0 Å². The topological polar surface area (TPSA) is 104 Å². The summed E-state index contributed by atoms with van der Waals surface area (Å²) in [7, 11) is 6.94. The van der Waals surface area contributed by atoms with Crippen molar-refractivity contribution in [3.63, 3.8) is 0 Å². The van der Waals surface area contributed by atoms with Crippen LogP contribution in [0.2, 0.25) is 0 Å². The summed E-state index contributed by atoms with van der Waals surface area (Å²) in [5, 5.41) is 7.18. The molecule has 2 heterocycles. The molecule has 52 heavy (non-hydrogen) atoms. The van der Waals surface area contributed by atoms with Gasteiger partial charge in [-0.1, -0.05) is 52.0 Å². The van der Waals surface area contributed by atoms with Crippen molar-refractivity contribution in [3.05, 3.63) is 35.4 Å². The van der Waals surface area contributed by atoms with Crippen molar-refractivity contribution in [1.82, 2.24) is 20.4 Å². The Bertz CT molecular complexity index is 947. The van der Waals surface area contributed by atoms with Crippen molar-refractivity contribution >= 4 is 0 Å². The van der Waals surface area contributed by atoms with Crippen molar-refractivity contribution in [3.8, 4) is 0 Å². The molecule has 0 aromatic heterocycles. The predicted molar refractivity (Wildman–Crippen MR) is 205 cm³/mol. The Labute approximate surface area is 315 Å². The molecule has 0 radical (unpaired) electrons. The Kier molecular flexibility index (Phi) is 23.0. The quantitative estimate of drug-likeness (QED) is 0.297. The summed E-state index contributed by atoms with van der Waals surface area (Å²) in [6, 6.07) is 10.1. The van der Waals surface area contributed by atoms with Gasteiger partial charge in [0, 0.05) is 118 Å². The summed E-state index contributed by atoms with van der Waals surface area (Å²) in [6.45, 7) is 16.1. The van der Waals surface area contributed by atoms with Crippen LogP contribution in [0.5, 0.6) is 0 Å². The molecule has 2 unspecified atom stereocenters. The number of benzene rings is 1. The Hall–Kier alpha value is -1.26. The first-order valence-electron chi connectivity index (χ1n) is 20.0. The van der Waals surface area contributed by atoms with Crippen LogP contribution in [0, 0.1) is 0 Å². The molecular weight excluding hydrogens is 664 g/mol. The Morgan fingerprint density at radius 2 is 0.865 bits per heavy atom. The zero-order valence-corrected chi connectivity index (χ0v) is 33.8. The minimum atomic E-state index is -0.259. The monoisotopic (exact) mass is 739 g/mol. The normalized spacial score (nSPS) is 31.1. The second kappa shape index (κ2) is 26.5. The second-order valence-electron chi connectivity index (χ2n) is 14.1. The number of nitrogens with one attached hydrogen (secondary N) is 2. The highest BCUT2D eigenvalue weighted by Gasteiger charge is 2.25. The fourth-order valence-electron chi connectivity index (χ4n) is 6.92. The maximum atomic E-state index is 6.35. The van der Waals surface area contributed by atoms with Crippen LogP contribution in [-0.2, 0) is 51.0 Å². The summed E-state index contributed by atoms with van der Waals surface area (Å²) >= 11 is 0. The highest BCUT2D eigenvalue weighted by Crippen LogP contribution is 2.20. The Balaban J connectivity index is 1.75. The number of ether oxygens (including phenoxy) is 8. The molecule has 2 fully saturated rings. The van der Waals surface area contributed by atoms with E-state index < -0.39 is 0 Å². The number of rotatable bonds is 12. The molecule has 3 rings (SSSR count). The van der Waals surface area contributed by atoms with E-state index in [4.69, 9.17) is 37.9 Å². The lowest BCUT2D eigenvalue weighted by molar-refractivity contribution is -0.151. The molecular formula is C40H74N4O8. The van der Waals surface area contributed by atoms with E-state index in [0.717, 1.165) is 90.6 Å². The molecule has 0 bridgehead atoms. The van der Waals surface area contributed by atoms with Gasteiger partial charge in [0.25, 0.3) is 0 Å². The van der Waals surface area contributed by atoms with E-state index >= 15 is 0 Å². The van der Waals surface area contributed by atoms with Crippen molar-refractivity contribution in [2.75, 3.05) is 81.0 Å². The van der Waals surface area contributed by atoms with Crippen molar-refractivity contribution in [1.29, 1.82) is 0 Å². The first-order chi connectivity index (χ1) is 25.4. The van der Waals surface area contributed by atoms with Crippen LogP contribution in [0.4, 0.5) is 0 Å². The zero-order valence-electron chi connectivity index (χ0n) is 33.8. The van der Waals surface area contributed by atoms with Crippen LogP contribution in [0.1, 0.15) is 90.2 Å². The van der Waals surface area contributed by atoms with Gasteiger partial charge < -0.3 is 48.5 Å². The fraction of sp³-hybridized carbons (Fsp3) is 0.850. The van der Waals surface area contributed by atoms with Gasteiger partial charge in [-0.2, -0.15) is 0 Å². The van der Waals surface area contributed by atoms with Crippen molar-refractivity contribution in [2.45, 2.75) is 141 Å². The van der Waals surface area contributed by atoms with Crippen LogP contribution in [-0.4, -0.2) is 140 Å². The summed E-state index contributed by atoms with van der Waals surface area (Å²) in [5.74, 6) is 0. The number of methoxy groups -OCH3 is 4. The third-order valence-corrected chi connectivity index (χ3v) is 10.7. The van der Waals surface area contributed by atoms with Gasteiger partial charge in [0.2, 0.25) is 0 Å². The first kappa shape index (κ1) is 45.1. The van der Waals surface area contributed by atoms with E-state index in [-0.39, 0.29) is 49.3 Å². The molecule has 1 aromatic rings. The minimum absolute atomic E-state index is 0.227. The number of hydrogen-bond acceptors (Lipinski definition) is 12. The number of hydrogen-bond donors (Lipinski definition) is 2. The van der Waals surface area contributed by atoms with Gasteiger partial charge in [-0.15, -0.1) is 0 Å². The lowest BCUT2D eigenvalue weighted by Crippen LogP contribution is -2.43. The van der Waals surface area contributed by atoms with Crippen molar-refractivity contribution < 1.29 is 37.9 Å². The van der Waals surface area contributed by atoms with Gasteiger partial charge in [-0.3, -0.25) is 9.80 Å². The van der Waals surface area contributed by atoms with Gasteiger partial charge >= 0.3 is 0 Å². The zero-order chi connectivity index (χ0) is 37.6. The summed E-state index contributed by atoms with van der Waals surface area (Å²) in [4.78, 5) is 5.03. The highest BCUT2D eigenvalue weighted by molar-refractivity contribution is 5.22. The summed E-state index contributed by atoms with van der Waals surface area (Å²) in [5.41, 5.74) is 2.53. The van der Waals surface area contributed by atoms with Crippen LogP contribution < -0.4 is 10.6 Å². The molecule has 0 spiro atoms. The molecule has 12 nitrogen and oxygen atoms in total. The molecule has 8 atom stereocenters. The molecule has 0 saturated carbocycles. The largest absolute Gasteiger partial charge is 0.356 e. The van der Waals surface area contributed by atoms with E-state index in [2.05, 4.69) is 72.4 Å². The van der Waals surface area contributed by atoms with E-state index in [1.165, 1.54) is 11.1 Å². The SMILES string of the molecule is CC[C@H]1CO[C@@H](OC)CCN(Cc2ccc(CN3CC[C@H](OC)OC[C@H](CC)NCCC(OC)OC[C@@H]3CC)cc2)[C@@H](CC)COC(OC)CCN1. The van der Waals surface area contributed by atoms with Crippen LogP contribution in [0.3, 0.4) is 0 Å². The second-order valence-corrected chi connectivity index (χ2v) is 14.1. The van der Waals surface area contributed by atoms with Crippen LogP contribution in [0.15, 0.2) is 24.3 Å². The lowest BCUT2D eigenvalue weighted by Gasteiger charge is -2.34. The van der Waals surface area contributed by atoms with Gasteiger partial charge in [-0.25, -0.2) is 0 Å². The minimum Gasteiger partial charge on any atom is -0.356 e. The molecule has 12 heteroatoms. The summed E-state index contributed by atoms with van der Waals surface area (Å²) < 4.78 is 48.2. The maximum Gasteiger partial charge on any atom is 0.158 e. The molecule has 302 valence electrons. The Morgan fingerprint density at radius 3 is 1.19 bits per heavy atom. The summed E-state index contributed by atoms with van der Waals surface area (Å²) in [6.07, 6.45) is 5.98. The average Bonchev–Trinajstić information content (AvgIpc) is 3.17. The molecule has 0 aliphatic carbocycles. The average molecular weight is 739 g/mol. The number of nitrogens with zero attached hydrogens (tertiary/aromatic N) is 2. The standard InChI is InChI=1S/C40H74N4O8/c1-9-33-27-49-39(47-7)19-23-43(35(11-3)29-51-37(45-5)17-21-41-33)25-31-13-15-32(16-14-31)26-44-24-20-40(48-8)50-28-34(10-2)42-22-18-38(46-6)52-30-36(44)12-4/h13-16,33-42H,9-12,17-30H2,1-8H3/t33-,34-,35-,36-,37?,38?,39+,40+/m0/s1. The molecule has 2 aliphatic rings. The van der Waals surface area contributed by atoms with Gasteiger partial charge in [-0.05, 0) is 36.8 Å². The van der Waals surface area contributed by atoms with Crippen molar-refractivity contribution in [2.24, 2.45) is 0 Å². The Morgan fingerprint density at radius 1 is 0.519 bits per heavy atom. The molecule has 2 N–H and O–H groups in total. The maximum absolute atomic E-state index is 6.35. The highest BCUT2D eigenvalue weighted by atomic mass is 16.7. The van der Waals surface area contributed by atoms with E-state index in [1.54, 1.807) is 28.4 Å². The van der Waals surface area contributed by atoms with Gasteiger partial charge in [0.15, 0.2) is 25.2 Å². The van der Waals surface area contributed by atoms with E-state index in [1.807, 2.05) is 0 Å². The molecule has 0 amide bonds. The van der Waals surface area contributed by atoms with Crippen LogP contribution >= 0.6 is 0 Å². The molecule has 2 aliphatic heterocycles. The predicted octanol–water partition coefficient (Wildman–Crippen LogP) is 5.13. The van der Waals surface area contributed by atoms with E-state index in [0.29, 0.717) is 26.4 Å². The fourth-order valence-corrected chi connectivity index (χ4v) is 6.92. The van der Waals surface area contributed by atoms with Crippen LogP contribution in [0.25, 0.3) is 0 Å². The third-order valence-electron chi connectivity index (χ3n) is 10.7. The molecule has 2 saturated heterocycles. The third kappa shape index (κ3) is 16.2. The first-order valence-corrected chi connectivity index (χ1v) is 20.0. The lowest BCUT2D eigenvalue weighted by atomic mass is 10.1. The smallest absolute Gasteiger partial charge is 0.158 e. The van der Waals surface area contributed by atoms with Gasteiger partial charge in [0.1, 0.15) is 0 Å². The molecule has 1 aromatic carbocycles. The van der Waals surface area contributed by atoms with Gasteiger partial charge in [0.05, 0.1) is 26.4 Å².